The van der Waals surface area contributed by atoms with Gasteiger partial charge in [-0.15, -0.1) is 13.2 Å². The lowest BCUT2D eigenvalue weighted by Crippen LogP contribution is -2.32. The average Bonchev–Trinajstić information content (AvgIpc) is 1.78. The lowest BCUT2D eigenvalue weighted by atomic mass is 9.95. The number of nitrogens with zero attached hydrogens (tertiary/aromatic N) is 8. The van der Waals surface area contributed by atoms with Gasteiger partial charge in [-0.3, -0.25) is 76.6 Å². The summed E-state index contributed by atoms with van der Waals surface area (Å²) in [7, 11) is 0. The molecule has 0 spiro atoms. The van der Waals surface area contributed by atoms with Crippen molar-refractivity contribution in [2.75, 3.05) is 22.9 Å². The number of hydrogen-bond donors (Lipinski definition) is 10. The number of para-hydroxylation sites is 1. The minimum Gasteiger partial charge on any atom is -0.456 e. The SMILES string of the molecule is C.C.C.C.C=CC[C@@H]1C[C@@H](C(CC)OC(=O)c2ccccc2)O[C@H]1n1c(=O)sc2c(=O)[nH]c(N)nc21.C=CC[C@@H]1C[C@@H](C(O)CC)O[C@H]1n1c(=O)sc2c(=O)[nH]c(N)nc21.CCC(OC(=O)c1ccccc1)[C@@H]1C[C@@H](OC(=S)Oc2ccccc2)[C@H](n2c(=O)sc3c(=O)[nH]c(N)nc32)O1.CCC[C@@H]1C[C@@H](C(O)CC)O[C@H]1n1c(=O)sc2c(=O)[nH]c(N)nc21. The van der Waals surface area contributed by atoms with Gasteiger partial charge in [0.25, 0.3) is 22.2 Å². The maximum atomic E-state index is 13.1. The zero-order chi connectivity index (χ0) is 85.2. The molecule has 123 heavy (non-hydrogen) atoms. The Bertz CT molecular complexity index is 5980. The standard InChI is InChI=1S/C26H24N4O7S2.C22H24N4O5S.C15H22N4O4S.C15H20N4O4S.4CH4/c1-2-16(36-23(32)14-9-5-3-6-10-14)17-13-18(37-26(38)34-15-11-7-4-8-12-15)22(35-17)30-20-19(39-25(30)33)21(31)29-24(27)28-20;1-3-8-13-11-15(14(4-2)31-20(28)12-9-6-5-7-10-12)30-19(13)26-17-16(32-22(26)29)18(27)25-21(23)24-17;2*1-3-5-7-6-9(8(20)4-2)23-13(7)19-11-10(24-15(19)22)12(21)18-14(16)17-11;;;;/h3-12,16-18,22H,2,13H2,1H3,(H3,27,28,29,31);3,5-7,9-10,13-15,19H,1,4,8,11H2,2H3,(H3,23,24,25,27);7-9,13,20H,3-6H2,1-2H3,(H3,16,17,18,21);3,7-9,13,20H,1,4-6H2,2H3,(H3,16,17,18,21);4*1H4/t16?,17-,18+,22+;13-,14?,15+,19-;2*7-,8?,9+,13-;;;;/m0111..../s1. The minimum atomic E-state index is -1.06. The van der Waals surface area contributed by atoms with E-state index in [1.54, 1.807) is 91.0 Å². The number of carbonyl (C=O) groups excluding carboxylic acids is 2. The number of hydrogen-bond acceptors (Lipinski definition) is 33. The molecule has 14 N–H and O–H groups in total. The summed E-state index contributed by atoms with van der Waals surface area (Å²) in [5.74, 6) is -0.846. The molecule has 4 unspecified atom stereocenters. The highest BCUT2D eigenvalue weighted by molar-refractivity contribution is 7.79. The first-order valence-electron chi connectivity index (χ1n) is 38.5. The number of benzene rings is 3. The topological polar surface area (TPSA) is 524 Å². The van der Waals surface area contributed by atoms with Crippen LogP contribution in [0, 0.1) is 17.8 Å². The number of ether oxygens (including phenoxy) is 8. The largest absolute Gasteiger partial charge is 0.456 e. The van der Waals surface area contributed by atoms with Crippen molar-refractivity contribution in [3.05, 3.63) is 208 Å². The number of aromatic nitrogens is 12. The molecule has 4 aliphatic heterocycles. The van der Waals surface area contributed by atoms with E-state index >= 15 is 0 Å². The second kappa shape index (κ2) is 43.4. The molecule has 8 aromatic heterocycles. The number of fused-ring (bicyclic) bond motifs is 4. The number of nitrogens with one attached hydrogen (secondary N) is 4. The molecule has 4 aliphatic rings. The Morgan fingerprint density at radius 1 is 0.480 bits per heavy atom. The normalized spacial score (nSPS) is 21.6. The number of nitrogen functional groups attached to an aromatic ring is 4. The molecule has 11 aromatic rings. The molecular formula is C82H106N16O20S5. The van der Waals surface area contributed by atoms with Gasteiger partial charge in [-0.2, -0.15) is 19.9 Å². The van der Waals surface area contributed by atoms with Crippen molar-refractivity contribution < 1.29 is 57.7 Å². The number of aliphatic hydroxyl groups is 2. The fourth-order valence-electron chi connectivity index (χ4n) is 14.9. The molecule has 0 aliphatic carbocycles. The predicted molar refractivity (Wildman–Crippen MR) is 481 cm³/mol. The summed E-state index contributed by atoms with van der Waals surface area (Å²) in [5, 5.41) is 20.0. The highest BCUT2D eigenvalue weighted by atomic mass is 32.1. The number of H-pyrrole nitrogens is 4. The number of thiazole rings is 4. The van der Waals surface area contributed by atoms with Crippen LogP contribution in [-0.4, -0.2) is 140 Å². The van der Waals surface area contributed by atoms with Crippen LogP contribution in [0.5, 0.6) is 5.75 Å². The van der Waals surface area contributed by atoms with Gasteiger partial charge in [0.05, 0.1) is 41.6 Å². The van der Waals surface area contributed by atoms with Crippen molar-refractivity contribution in [1.29, 1.82) is 0 Å². The van der Waals surface area contributed by atoms with E-state index in [-0.39, 0.29) is 151 Å². The molecule has 16 atom stereocenters. The zero-order valence-corrected chi connectivity index (χ0v) is 69.2. The third-order valence-corrected chi connectivity index (χ3v) is 24.4. The number of aliphatic hydroxyl groups excluding tert-OH is 2. The van der Waals surface area contributed by atoms with Gasteiger partial charge in [-0.25, -0.2) is 9.59 Å². The van der Waals surface area contributed by atoms with Crippen molar-refractivity contribution >= 4 is 140 Å². The summed E-state index contributed by atoms with van der Waals surface area (Å²) in [6.45, 7) is 17.2. The van der Waals surface area contributed by atoms with Crippen molar-refractivity contribution in [3.63, 3.8) is 0 Å². The monoisotopic (exact) mass is 1790 g/mol. The van der Waals surface area contributed by atoms with Crippen molar-refractivity contribution in [3.8, 4) is 5.75 Å². The Balaban J connectivity index is 0.000000205. The molecule has 4 fully saturated rings. The second-order valence-electron chi connectivity index (χ2n) is 28.4. The molecule has 41 heteroatoms. The van der Waals surface area contributed by atoms with E-state index in [1.807, 2.05) is 39.8 Å². The van der Waals surface area contributed by atoms with E-state index in [0.29, 0.717) is 86.0 Å². The first kappa shape index (κ1) is 97.5. The van der Waals surface area contributed by atoms with Gasteiger partial charge < -0.3 is 71.0 Å². The average molecular weight is 1800 g/mol. The summed E-state index contributed by atoms with van der Waals surface area (Å²) in [6, 6.07) is 26.2. The summed E-state index contributed by atoms with van der Waals surface area (Å²) in [6.07, 6.45) is 2.81. The molecular weight excluding hydrogens is 1690 g/mol. The summed E-state index contributed by atoms with van der Waals surface area (Å²) >= 11 is 8.49. The van der Waals surface area contributed by atoms with Crippen molar-refractivity contribution in [2.45, 2.75) is 221 Å². The lowest BCUT2D eigenvalue weighted by Gasteiger charge is -2.23. The third kappa shape index (κ3) is 21.8. The second-order valence-corrected chi connectivity index (χ2v) is 32.6. The number of rotatable bonds is 24. The molecule has 36 nitrogen and oxygen atoms in total. The van der Waals surface area contributed by atoms with Crippen molar-refractivity contribution in [1.82, 2.24) is 58.1 Å². The molecule has 0 amide bonds. The van der Waals surface area contributed by atoms with Gasteiger partial charge in [0.15, 0.2) is 34.9 Å². The number of aromatic amines is 4. The van der Waals surface area contributed by atoms with Crippen LogP contribution in [0.1, 0.15) is 187 Å². The third-order valence-electron chi connectivity index (χ3n) is 20.5. The zero-order valence-electron chi connectivity index (χ0n) is 65.1. The lowest BCUT2D eigenvalue weighted by molar-refractivity contribution is -0.0810. The maximum absolute atomic E-state index is 13.1. The van der Waals surface area contributed by atoms with Crippen LogP contribution in [0.4, 0.5) is 23.8 Å². The summed E-state index contributed by atoms with van der Waals surface area (Å²) in [5.41, 5.74) is 22.4. The van der Waals surface area contributed by atoms with Gasteiger partial charge in [0.2, 0.25) is 23.8 Å². The van der Waals surface area contributed by atoms with Gasteiger partial charge in [0.1, 0.15) is 61.5 Å². The van der Waals surface area contributed by atoms with E-state index < -0.39 is 107 Å². The predicted octanol–water partition coefficient (Wildman–Crippen LogP) is 11.0. The molecule has 0 radical (unpaired) electrons. The highest BCUT2D eigenvalue weighted by Gasteiger charge is 2.47. The number of nitrogens with two attached hydrogens (primary N) is 4. The van der Waals surface area contributed by atoms with E-state index in [0.717, 1.165) is 46.9 Å². The molecule has 4 saturated heterocycles. The summed E-state index contributed by atoms with van der Waals surface area (Å²) in [4.78, 5) is 150. The number of thiocarbonyl (C=S) groups is 1. The fraction of sp³-hybridized carbons (Fsp3) is 0.451. The Hall–Kier alpha value is -11.0. The van der Waals surface area contributed by atoms with Crippen LogP contribution in [0.2, 0.25) is 0 Å². The smallest absolute Gasteiger partial charge is 0.358 e. The number of esters is 2. The van der Waals surface area contributed by atoms with Crippen LogP contribution >= 0.6 is 57.6 Å². The fourth-order valence-corrected chi connectivity index (χ4v) is 18.5. The van der Waals surface area contributed by atoms with Gasteiger partial charge in [-0.1, -0.05) is 183 Å². The first-order valence-corrected chi connectivity index (χ1v) is 42.1. The first-order chi connectivity index (χ1) is 57.2. The summed E-state index contributed by atoms with van der Waals surface area (Å²) < 4.78 is 53.8. The minimum absolute atomic E-state index is 0. The molecule has 0 bridgehead atoms. The molecule has 3 aromatic carbocycles. The number of carbonyl (C=O) groups is 2. The van der Waals surface area contributed by atoms with Crippen molar-refractivity contribution in [2.24, 2.45) is 17.8 Å². The molecule has 12 heterocycles. The highest BCUT2D eigenvalue weighted by Crippen LogP contribution is 2.44. The van der Waals surface area contributed by atoms with Gasteiger partial charge >= 0.3 is 36.7 Å². The molecule has 0 saturated carbocycles. The number of anilines is 4. The molecule has 15 rings (SSSR count). The van der Waals surface area contributed by atoms with Crippen LogP contribution < -0.4 is 69.4 Å². The van der Waals surface area contributed by atoms with Gasteiger partial charge in [0, 0.05) is 36.4 Å². The van der Waals surface area contributed by atoms with E-state index in [9.17, 15) is 58.2 Å². The van der Waals surface area contributed by atoms with E-state index in [2.05, 4.69) is 60.0 Å². The Morgan fingerprint density at radius 2 is 0.789 bits per heavy atom. The van der Waals surface area contributed by atoms with Crippen LogP contribution in [0.15, 0.2) is 155 Å². The van der Waals surface area contributed by atoms with E-state index in [4.69, 9.17) is 73.0 Å². The Kier molecular flexibility index (Phi) is 34.4. The quantitative estimate of drug-likeness (QED) is 0.0153. The van der Waals surface area contributed by atoms with Crippen LogP contribution in [0.3, 0.4) is 0 Å². The van der Waals surface area contributed by atoms with Gasteiger partial charge in [-0.05, 0) is 101 Å². The number of allylic oxidation sites excluding steroid dienone is 2. The Labute approximate surface area is 726 Å². The Morgan fingerprint density at radius 3 is 1.13 bits per heavy atom. The van der Waals surface area contributed by atoms with Crippen LogP contribution in [0.25, 0.3) is 41.4 Å². The van der Waals surface area contributed by atoms with E-state index in [1.165, 1.54) is 18.3 Å². The van der Waals surface area contributed by atoms with Crippen LogP contribution in [-0.2, 0) is 33.2 Å². The molecule has 664 valence electrons. The maximum Gasteiger partial charge on any atom is 0.358 e.